The van der Waals surface area contributed by atoms with Gasteiger partial charge >= 0.3 is 45.9 Å². The Bertz CT molecular complexity index is 6530. The van der Waals surface area contributed by atoms with Gasteiger partial charge in [0.25, 0.3) is 0 Å². The van der Waals surface area contributed by atoms with Crippen LogP contribution in [0.1, 0.15) is 7.43 Å². The number of benzene rings is 4. The van der Waals surface area contributed by atoms with Crippen molar-refractivity contribution in [2.45, 2.75) is 27.9 Å². The fourth-order valence-electron chi connectivity index (χ4n) is 13.7. The van der Waals surface area contributed by atoms with Gasteiger partial charge in [0.2, 0.25) is 23.6 Å². The molecule has 128 heavy (non-hydrogen) atoms. The quantitative estimate of drug-likeness (QED) is 0.0170. The zero-order chi connectivity index (χ0) is 91.1. The van der Waals surface area contributed by atoms with E-state index in [1.807, 2.05) is 108 Å². The van der Waals surface area contributed by atoms with Gasteiger partial charge in [0.05, 0.1) is 57.9 Å². The van der Waals surface area contributed by atoms with Gasteiger partial charge in [0.1, 0.15) is 69.1 Å². The number of nitrogens with two attached hydrogens (primary N) is 1. The van der Waals surface area contributed by atoms with Gasteiger partial charge in [-0.1, -0.05) is 7.43 Å². The van der Waals surface area contributed by atoms with Crippen LogP contribution in [0.25, 0.3) is 134 Å². The molecule has 12 heterocycles. The van der Waals surface area contributed by atoms with Crippen molar-refractivity contribution in [1.29, 1.82) is 0 Å². The van der Waals surface area contributed by atoms with Crippen molar-refractivity contribution in [3.05, 3.63) is 264 Å². The number of aliphatic hydroxyl groups is 1. The van der Waals surface area contributed by atoms with Crippen molar-refractivity contribution in [2.75, 3.05) is 54.6 Å². The first-order valence-corrected chi connectivity index (χ1v) is 40.9. The summed E-state index contributed by atoms with van der Waals surface area (Å²) < 4.78 is 63.8. The predicted molar refractivity (Wildman–Crippen MR) is 509 cm³/mol. The molecule has 0 saturated carbocycles. The van der Waals surface area contributed by atoms with Crippen molar-refractivity contribution in [3.63, 3.8) is 0 Å². The molecule has 651 valence electrons. The number of aromatic nitrogens is 12. The monoisotopic (exact) mass is 1870 g/mol. The second-order valence-electron chi connectivity index (χ2n) is 27.9. The molecule has 16 rings (SSSR count). The standard InChI is InChI=1S/C22H20BBrFN5O2.C22H21BFN5O2.C21H19BFN5O2.C21H17BrFN5O.CH4O.CH4.BHNS/c1-23(32)27-12-18(31)28-21-17(24)11-16-19(13-7-9-26-10-8-13)20(30(2)22(16)29-21)14-3-5-15(25)6-4-14;1-23(31)26-13-19(30)27-18-8-7-17-20(14-9-11-25-12-10-14)21(29(2)22(17)28-18)15-3-5-16(24)6-4-15;1-22(30)25-12-18(29)26-17-7-6-16-19(13-8-10-24-11-9-13)20(28-21(16)27-17)14-2-4-15(23)5-3-14;1-28-19(13-2-4-14(23)5-3-13)18(12-6-8-25-9-7-12)15-10-16(22)20(27-21(15)28)26-17(29)11-24;1-2;;1-2-3/h3-11,27,32H,12H2,1-2H3,(H,28,29,31);3-12,26,31H,13H2,1-2H3,(H,27,28,30);2-11,25,30H,12H2,1H3,(H2,26,27,28,29);2-10H,11,24H2,1H3,(H,26,27,29);2H,1H3;1H4;3H. The summed E-state index contributed by atoms with van der Waals surface area (Å²) in [7, 11) is 8.64. The Hall–Kier alpha value is -13.1. The van der Waals surface area contributed by atoms with Gasteiger partial charge in [0, 0.05) is 122 Å². The number of carbonyl (C=O) groups is 4. The second kappa shape index (κ2) is 45.9. The molecule has 40 heteroatoms. The Morgan fingerprint density at radius 3 is 1.05 bits per heavy atom. The molecule has 0 bridgehead atoms. The number of rotatable bonds is 22. The number of amides is 4. The Morgan fingerprint density at radius 2 is 0.711 bits per heavy atom. The first-order valence-electron chi connectivity index (χ1n) is 38.9. The summed E-state index contributed by atoms with van der Waals surface area (Å²) in [5.41, 5.74) is 22.3. The number of H-pyrrole nitrogens is 1. The first kappa shape index (κ1) is 97.1. The number of thiol groups is 1. The van der Waals surface area contributed by atoms with E-state index in [9.17, 15) is 51.8 Å². The Labute approximate surface area is 757 Å². The van der Waals surface area contributed by atoms with Crippen LogP contribution in [0.2, 0.25) is 20.5 Å². The SMILES string of the molecule is C.CB(O)NCC(=O)Nc1ccc2c(-c3ccncc3)c(-c3ccc(F)cc3)[nH]c2n1.CB(O)NCC(=O)Nc1ccc2c(-c3ccncc3)c(-c3ccc(F)cc3)n(C)c2n1.CB(O)NCC(=O)Nc1nc2c(cc1Br)c(-c1ccncc1)c(-c1ccc(F)cc1)n2C.CO.Cn1c(-c2ccc(F)cc2)c(-c2ccncc2)c2cc(Br)c(NC(=O)CN)nc21.[B]=NS. The van der Waals surface area contributed by atoms with E-state index < -0.39 is 21.2 Å². The van der Waals surface area contributed by atoms with Crippen LogP contribution in [0.5, 0.6) is 0 Å². The van der Waals surface area contributed by atoms with Crippen LogP contribution < -0.4 is 42.7 Å². The first-order chi connectivity index (χ1) is 61.2. The maximum atomic E-state index is 13.6. The molecule has 0 aliphatic carbocycles. The van der Waals surface area contributed by atoms with E-state index in [1.54, 1.807) is 117 Å². The molecular weight excluding hydrogens is 1790 g/mol. The number of hydrogen-bond acceptors (Lipinski definition) is 22. The molecule has 0 aliphatic rings. The molecule has 0 aliphatic heterocycles. The fraction of sp³-hybridized carbons (Fsp3) is 0.136. The summed E-state index contributed by atoms with van der Waals surface area (Å²) in [5.74, 6) is -0.983. The molecule has 0 spiro atoms. The molecule has 0 fully saturated rings. The van der Waals surface area contributed by atoms with Crippen LogP contribution >= 0.6 is 44.7 Å². The molecule has 0 unspecified atom stereocenters. The van der Waals surface area contributed by atoms with E-state index in [0.717, 1.165) is 118 Å². The van der Waals surface area contributed by atoms with E-state index in [0.29, 0.717) is 54.8 Å². The van der Waals surface area contributed by atoms with Gasteiger partial charge < -0.3 is 81.5 Å². The van der Waals surface area contributed by atoms with Gasteiger partial charge in [-0.3, -0.25) is 39.1 Å². The minimum atomic E-state index is -0.798. The average molecular weight is 1880 g/mol. The Morgan fingerprint density at radius 1 is 0.422 bits per heavy atom. The molecule has 14 N–H and O–H groups in total. The summed E-state index contributed by atoms with van der Waals surface area (Å²) >= 11 is 10.2. The molecule has 0 atom stereocenters. The van der Waals surface area contributed by atoms with Crippen LogP contribution in [0.4, 0.5) is 40.8 Å². The number of aryl methyl sites for hydroxylation is 3. The third kappa shape index (κ3) is 24.2. The number of anilines is 4. The molecule has 4 amide bonds. The number of halogens is 6. The average Bonchev–Trinajstić information content (AvgIpc) is 1.60. The summed E-state index contributed by atoms with van der Waals surface area (Å²) in [6.07, 6.45) is 13.7. The number of pyridine rings is 8. The number of fused-ring (bicyclic) bond motifs is 4. The van der Waals surface area contributed by atoms with Crippen LogP contribution in [-0.4, -0.2) is 164 Å². The van der Waals surface area contributed by atoms with Crippen LogP contribution in [0.3, 0.4) is 0 Å². The predicted octanol–water partition coefficient (Wildman–Crippen LogP) is 14.5. The molecule has 1 radical (unpaired) electrons. The van der Waals surface area contributed by atoms with Gasteiger partial charge in [-0.15, -0.1) is 0 Å². The molecule has 0 saturated heterocycles. The minimum absolute atomic E-state index is 0. The van der Waals surface area contributed by atoms with Crippen molar-refractivity contribution in [2.24, 2.45) is 31.2 Å². The molecule has 12 aromatic heterocycles. The van der Waals surface area contributed by atoms with Crippen molar-refractivity contribution >= 4 is 164 Å². The second-order valence-corrected chi connectivity index (χ2v) is 29.9. The molecule has 4 aromatic carbocycles. The summed E-state index contributed by atoms with van der Waals surface area (Å²) in [6, 6.07) is 51.5. The van der Waals surface area contributed by atoms with Crippen molar-refractivity contribution in [1.82, 2.24) is 74.2 Å². The number of carbonyl (C=O) groups excluding carboxylic acids is 4. The van der Waals surface area contributed by atoms with E-state index in [2.05, 4.69) is 133 Å². The normalized spacial score (nSPS) is 10.6. The van der Waals surface area contributed by atoms with Crippen molar-refractivity contribution in [3.8, 4) is 89.5 Å². The van der Waals surface area contributed by atoms with E-state index >= 15 is 0 Å². The third-order valence-electron chi connectivity index (χ3n) is 19.2. The van der Waals surface area contributed by atoms with Crippen LogP contribution in [-0.2, 0) is 40.3 Å². The van der Waals surface area contributed by atoms with Gasteiger partial charge in [-0.2, -0.15) is 0 Å². The number of aliphatic hydroxyl groups excluding tert-OH is 1. The Balaban J connectivity index is 0.000000174. The summed E-state index contributed by atoms with van der Waals surface area (Å²) in [4.78, 5) is 86.3. The summed E-state index contributed by atoms with van der Waals surface area (Å²) in [6.45, 7) is 4.35. The van der Waals surface area contributed by atoms with Crippen molar-refractivity contribution < 1.29 is 56.9 Å². The molecular formula is C88H86B4Br2F4N21O8S. The topological polar surface area (TPSA) is 405 Å². The number of nitrogens with one attached hydrogen (secondary N) is 8. The van der Waals surface area contributed by atoms with E-state index in [-0.39, 0.29) is 80.5 Å². The third-order valence-corrected chi connectivity index (χ3v) is 20.4. The zero-order valence-electron chi connectivity index (χ0n) is 69.2. The van der Waals surface area contributed by atoms with Crippen LogP contribution in [0.15, 0.2) is 245 Å². The maximum absolute atomic E-state index is 13.6. The number of hydrogen-bond donors (Lipinski definition) is 14. The number of nitrogens with zero attached hydrogens (tertiary/aromatic N) is 12. The van der Waals surface area contributed by atoms with E-state index in [4.69, 9.17) is 15.8 Å². The zero-order valence-corrected chi connectivity index (χ0v) is 73.2. The van der Waals surface area contributed by atoms with Gasteiger partial charge in [-0.05, 0) is 279 Å². The molecule has 16 aromatic rings. The van der Waals surface area contributed by atoms with Gasteiger partial charge in [-0.25, -0.2) is 37.5 Å². The van der Waals surface area contributed by atoms with Gasteiger partial charge in [0.15, 0.2) is 0 Å². The fourth-order valence-corrected chi connectivity index (χ4v) is 14.5. The van der Waals surface area contributed by atoms with E-state index in [1.165, 1.54) is 62.2 Å². The summed E-state index contributed by atoms with van der Waals surface area (Å²) in [5, 5.41) is 57.2. The molecule has 29 nitrogen and oxygen atoms in total. The number of aromatic amines is 1. The van der Waals surface area contributed by atoms with Crippen LogP contribution in [0, 0.1) is 23.3 Å². The Kier molecular flexibility index (Phi) is 34.8.